The van der Waals surface area contributed by atoms with Crippen LogP contribution in [0.4, 0.5) is 0 Å². The Balaban J connectivity index is 1.41. The largest absolute Gasteiger partial charge is 0.342 e. The molecule has 5 unspecified atom stereocenters. The molecule has 5 aliphatic carbocycles. The van der Waals surface area contributed by atoms with Gasteiger partial charge in [-0.3, -0.25) is 4.79 Å². The molecule has 0 radical (unpaired) electrons. The van der Waals surface area contributed by atoms with Gasteiger partial charge in [-0.15, -0.1) is 0 Å². The Labute approximate surface area is 146 Å². The summed E-state index contributed by atoms with van der Waals surface area (Å²) in [6.45, 7) is 6.89. The topological polar surface area (TPSA) is 46.3 Å². The molecule has 3 heteroatoms. The second-order valence-corrected chi connectivity index (χ2v) is 11.1. The van der Waals surface area contributed by atoms with Gasteiger partial charge in [-0.05, 0) is 80.0 Å². The van der Waals surface area contributed by atoms with Crippen molar-refractivity contribution >= 4 is 5.91 Å². The molecule has 1 aliphatic heterocycles. The van der Waals surface area contributed by atoms with Crippen LogP contribution in [-0.2, 0) is 4.79 Å². The molecule has 2 N–H and O–H groups in total. The maximum atomic E-state index is 13.7. The summed E-state index contributed by atoms with van der Waals surface area (Å²) in [6.07, 6.45) is 11.3. The van der Waals surface area contributed by atoms with E-state index in [0.717, 1.165) is 38.3 Å². The smallest absolute Gasteiger partial charge is 0.228 e. The second-order valence-electron chi connectivity index (χ2n) is 11.1. The van der Waals surface area contributed by atoms with Crippen LogP contribution in [0.2, 0.25) is 0 Å². The number of nitrogens with zero attached hydrogens (tertiary/aromatic N) is 1. The Morgan fingerprint density at radius 1 is 1.00 bits per heavy atom. The van der Waals surface area contributed by atoms with E-state index >= 15 is 0 Å². The number of fused-ring (bicyclic) bond motifs is 1. The van der Waals surface area contributed by atoms with E-state index in [0.29, 0.717) is 34.6 Å². The fraction of sp³-hybridized carbons (Fsp3) is 0.952. The molecule has 4 bridgehead atoms. The lowest BCUT2D eigenvalue weighted by Crippen LogP contribution is -2.60. The van der Waals surface area contributed by atoms with Gasteiger partial charge >= 0.3 is 0 Å². The van der Waals surface area contributed by atoms with Crippen molar-refractivity contribution in [1.29, 1.82) is 0 Å². The minimum atomic E-state index is -0.0273. The molecule has 6 aliphatic rings. The minimum Gasteiger partial charge on any atom is -0.342 e. The molecule has 6 fully saturated rings. The summed E-state index contributed by atoms with van der Waals surface area (Å²) in [4.78, 5) is 16.0. The average Bonchev–Trinajstić information content (AvgIpc) is 2.88. The van der Waals surface area contributed by atoms with Crippen molar-refractivity contribution in [3.63, 3.8) is 0 Å². The first kappa shape index (κ1) is 15.7. The van der Waals surface area contributed by atoms with E-state index in [-0.39, 0.29) is 5.41 Å². The highest BCUT2D eigenvalue weighted by Crippen LogP contribution is 2.70. The number of likely N-dealkylation sites (tertiary alicyclic amines) is 1. The summed E-state index contributed by atoms with van der Waals surface area (Å²) < 4.78 is 0. The molecule has 24 heavy (non-hydrogen) atoms. The van der Waals surface area contributed by atoms with E-state index in [4.69, 9.17) is 5.73 Å². The van der Waals surface area contributed by atoms with Gasteiger partial charge in [0.2, 0.25) is 5.91 Å². The molecule has 0 aromatic carbocycles. The number of carbonyl (C=O) groups is 1. The SMILES string of the molecule is CC12CC3CC(C)(C1)CC(C(=O)N1CC4CCCC(N)C4C1)(C3)C2. The molecular formula is C21H34N2O. The molecular weight excluding hydrogens is 296 g/mol. The van der Waals surface area contributed by atoms with E-state index in [2.05, 4.69) is 18.7 Å². The summed E-state index contributed by atoms with van der Waals surface area (Å²) in [6, 6.07) is 0.327. The first-order chi connectivity index (χ1) is 11.3. The van der Waals surface area contributed by atoms with Gasteiger partial charge < -0.3 is 10.6 Å². The number of hydrogen-bond acceptors (Lipinski definition) is 2. The molecule has 134 valence electrons. The summed E-state index contributed by atoms with van der Waals surface area (Å²) in [5.74, 6) is 2.57. The third-order valence-electron chi connectivity index (χ3n) is 8.52. The van der Waals surface area contributed by atoms with E-state index in [9.17, 15) is 4.79 Å². The normalized spacial score (nSPS) is 55.7. The molecule has 0 aromatic rings. The second kappa shape index (κ2) is 4.78. The van der Waals surface area contributed by atoms with Crippen LogP contribution in [0.15, 0.2) is 0 Å². The minimum absolute atomic E-state index is 0.0273. The van der Waals surface area contributed by atoms with Gasteiger partial charge in [-0.25, -0.2) is 0 Å². The van der Waals surface area contributed by atoms with Crippen LogP contribution < -0.4 is 5.73 Å². The molecule has 1 heterocycles. The van der Waals surface area contributed by atoms with Gasteiger partial charge in [0.25, 0.3) is 0 Å². The number of amides is 1. The summed E-state index contributed by atoms with van der Waals surface area (Å²) in [5, 5.41) is 0. The molecule has 3 nitrogen and oxygen atoms in total. The zero-order valence-corrected chi connectivity index (χ0v) is 15.5. The summed E-state index contributed by atoms with van der Waals surface area (Å²) in [7, 11) is 0. The van der Waals surface area contributed by atoms with Crippen LogP contribution in [0.1, 0.15) is 71.6 Å². The molecule has 6 rings (SSSR count). The van der Waals surface area contributed by atoms with Crippen LogP contribution in [0.25, 0.3) is 0 Å². The molecule has 1 saturated heterocycles. The molecule has 5 atom stereocenters. The third-order valence-corrected chi connectivity index (χ3v) is 8.52. The zero-order valence-electron chi connectivity index (χ0n) is 15.5. The van der Waals surface area contributed by atoms with Crippen molar-refractivity contribution in [2.75, 3.05) is 13.1 Å². The lowest BCUT2D eigenvalue weighted by atomic mass is 9.40. The third kappa shape index (κ3) is 2.15. The number of carbonyl (C=O) groups excluding carboxylic acids is 1. The van der Waals surface area contributed by atoms with Crippen LogP contribution >= 0.6 is 0 Å². The first-order valence-corrected chi connectivity index (χ1v) is 10.3. The maximum Gasteiger partial charge on any atom is 0.228 e. The number of hydrogen-bond donors (Lipinski definition) is 1. The van der Waals surface area contributed by atoms with E-state index in [1.165, 1.54) is 38.5 Å². The van der Waals surface area contributed by atoms with Crippen LogP contribution in [0.5, 0.6) is 0 Å². The standard InChI is InChI=1S/C21H34N2O/c1-19-6-14-7-20(2,11-19)13-21(8-14,12-19)18(24)23-9-15-4-3-5-17(22)16(15)10-23/h14-17H,3-13,22H2,1-2H3. The number of rotatable bonds is 1. The number of nitrogens with two attached hydrogens (primary N) is 1. The van der Waals surface area contributed by atoms with Crippen LogP contribution in [0, 0.1) is 34.0 Å². The van der Waals surface area contributed by atoms with Crippen molar-refractivity contribution in [3.05, 3.63) is 0 Å². The average molecular weight is 331 g/mol. The van der Waals surface area contributed by atoms with Gasteiger partial charge in [-0.1, -0.05) is 20.3 Å². The van der Waals surface area contributed by atoms with Gasteiger partial charge in [-0.2, -0.15) is 0 Å². The predicted octanol–water partition coefficient (Wildman–Crippen LogP) is 3.57. The van der Waals surface area contributed by atoms with Crippen molar-refractivity contribution in [3.8, 4) is 0 Å². The Morgan fingerprint density at radius 2 is 1.71 bits per heavy atom. The Bertz CT molecular complexity index is 554. The Hall–Kier alpha value is -0.570. The van der Waals surface area contributed by atoms with Crippen molar-refractivity contribution in [2.45, 2.75) is 77.7 Å². The van der Waals surface area contributed by atoms with Crippen molar-refractivity contribution < 1.29 is 4.79 Å². The first-order valence-electron chi connectivity index (χ1n) is 10.3. The van der Waals surface area contributed by atoms with Crippen LogP contribution in [0.3, 0.4) is 0 Å². The van der Waals surface area contributed by atoms with Gasteiger partial charge in [0.1, 0.15) is 0 Å². The quantitative estimate of drug-likeness (QED) is 0.799. The van der Waals surface area contributed by atoms with Gasteiger partial charge in [0.05, 0.1) is 5.41 Å². The summed E-state index contributed by atoms with van der Waals surface area (Å²) >= 11 is 0. The van der Waals surface area contributed by atoms with Gasteiger partial charge in [0, 0.05) is 19.1 Å². The lowest BCUT2D eigenvalue weighted by molar-refractivity contribution is -0.178. The molecule has 5 saturated carbocycles. The van der Waals surface area contributed by atoms with E-state index < -0.39 is 0 Å². The van der Waals surface area contributed by atoms with E-state index in [1.807, 2.05) is 0 Å². The monoisotopic (exact) mass is 330 g/mol. The Kier molecular flexibility index (Phi) is 3.12. The maximum absolute atomic E-state index is 13.7. The fourth-order valence-electron chi connectivity index (χ4n) is 8.70. The highest BCUT2D eigenvalue weighted by atomic mass is 16.2. The zero-order chi connectivity index (χ0) is 16.7. The molecule has 0 spiro atoms. The molecule has 1 amide bonds. The summed E-state index contributed by atoms with van der Waals surface area (Å²) in [5.41, 5.74) is 7.21. The Morgan fingerprint density at radius 3 is 2.33 bits per heavy atom. The lowest BCUT2D eigenvalue weighted by Gasteiger charge is -2.65. The fourth-order valence-corrected chi connectivity index (χ4v) is 8.70. The molecule has 0 aromatic heterocycles. The van der Waals surface area contributed by atoms with Crippen LogP contribution in [-0.4, -0.2) is 29.9 Å². The van der Waals surface area contributed by atoms with Crippen molar-refractivity contribution in [1.82, 2.24) is 4.90 Å². The van der Waals surface area contributed by atoms with Gasteiger partial charge in [0.15, 0.2) is 0 Å². The highest BCUT2D eigenvalue weighted by molar-refractivity contribution is 5.84. The predicted molar refractivity (Wildman–Crippen MR) is 95.2 cm³/mol. The highest BCUT2D eigenvalue weighted by Gasteiger charge is 2.63. The van der Waals surface area contributed by atoms with E-state index in [1.54, 1.807) is 0 Å². The van der Waals surface area contributed by atoms with Crippen molar-refractivity contribution in [2.24, 2.45) is 39.7 Å².